The summed E-state index contributed by atoms with van der Waals surface area (Å²) in [6, 6.07) is 8.34. The van der Waals surface area contributed by atoms with Crippen LogP contribution in [0.5, 0.6) is 5.75 Å². The molecule has 0 atom stereocenters. The maximum Gasteiger partial charge on any atom is 0.319 e. The van der Waals surface area contributed by atoms with Gasteiger partial charge in [-0.15, -0.1) is 0 Å². The number of amides is 3. The zero-order valence-corrected chi connectivity index (χ0v) is 14.3. The first-order valence-corrected chi connectivity index (χ1v) is 8.35. The number of nitrogens with one attached hydrogen (secondary N) is 2. The van der Waals surface area contributed by atoms with Crippen molar-refractivity contribution in [1.82, 2.24) is 10.2 Å². The van der Waals surface area contributed by atoms with E-state index in [0.717, 1.165) is 5.56 Å². The van der Waals surface area contributed by atoms with Gasteiger partial charge in [-0.25, -0.2) is 4.79 Å². The Labute approximate surface area is 151 Å². The molecule has 26 heavy (non-hydrogen) atoms. The van der Waals surface area contributed by atoms with E-state index in [1.807, 2.05) is 0 Å². The Kier molecular flexibility index (Phi) is 6.10. The third kappa shape index (κ3) is 5.25. The van der Waals surface area contributed by atoms with Crippen LogP contribution in [0.25, 0.3) is 0 Å². The predicted octanol–water partition coefficient (Wildman–Crippen LogP) is 1.84. The van der Waals surface area contributed by atoms with Gasteiger partial charge in [-0.1, -0.05) is 6.07 Å². The van der Waals surface area contributed by atoms with Crippen molar-refractivity contribution in [2.24, 2.45) is 0 Å². The van der Waals surface area contributed by atoms with Crippen LogP contribution >= 0.6 is 0 Å². The van der Waals surface area contributed by atoms with Gasteiger partial charge in [0.2, 0.25) is 0 Å². The van der Waals surface area contributed by atoms with Gasteiger partial charge in [0, 0.05) is 37.0 Å². The molecule has 2 aromatic rings. The third-order valence-corrected chi connectivity index (χ3v) is 3.85. The van der Waals surface area contributed by atoms with E-state index in [9.17, 15) is 9.59 Å². The van der Waals surface area contributed by atoms with Gasteiger partial charge in [0.25, 0.3) is 5.91 Å². The summed E-state index contributed by atoms with van der Waals surface area (Å²) in [5.74, 6) is 0.434. The summed E-state index contributed by atoms with van der Waals surface area (Å²) in [7, 11) is 0. The Bertz CT molecular complexity index is 726. The van der Waals surface area contributed by atoms with Crippen molar-refractivity contribution >= 4 is 17.6 Å². The second kappa shape index (κ2) is 8.91. The molecule has 2 heterocycles. The zero-order valence-electron chi connectivity index (χ0n) is 14.3. The molecule has 0 saturated carbocycles. The van der Waals surface area contributed by atoms with Crippen LogP contribution in [0.15, 0.2) is 47.3 Å². The highest BCUT2D eigenvalue weighted by Gasteiger charge is 2.17. The van der Waals surface area contributed by atoms with Gasteiger partial charge in [-0.05, 0) is 18.2 Å². The van der Waals surface area contributed by atoms with Crippen molar-refractivity contribution in [3.8, 4) is 5.75 Å². The maximum absolute atomic E-state index is 12.1. The highest BCUT2D eigenvalue weighted by atomic mass is 16.5. The van der Waals surface area contributed by atoms with Crippen molar-refractivity contribution in [3.05, 3.63) is 48.4 Å². The molecule has 0 bridgehead atoms. The molecule has 3 amide bonds. The van der Waals surface area contributed by atoms with E-state index < -0.39 is 0 Å². The molecule has 0 spiro atoms. The molecule has 8 heteroatoms. The molecule has 1 aliphatic rings. The van der Waals surface area contributed by atoms with Gasteiger partial charge in [0.15, 0.2) is 6.61 Å². The molecule has 0 unspecified atom stereocenters. The van der Waals surface area contributed by atoms with Gasteiger partial charge in [0.1, 0.15) is 5.75 Å². The van der Waals surface area contributed by atoms with E-state index in [-0.39, 0.29) is 18.5 Å². The first-order valence-electron chi connectivity index (χ1n) is 8.35. The van der Waals surface area contributed by atoms with Crippen molar-refractivity contribution in [1.29, 1.82) is 0 Å². The second-order valence-corrected chi connectivity index (χ2v) is 5.75. The van der Waals surface area contributed by atoms with E-state index in [0.29, 0.717) is 44.3 Å². The molecular weight excluding hydrogens is 338 g/mol. The van der Waals surface area contributed by atoms with E-state index in [1.165, 1.54) is 0 Å². The fraction of sp³-hybridized carbons (Fsp3) is 0.333. The molecule has 1 aromatic heterocycles. The van der Waals surface area contributed by atoms with Gasteiger partial charge in [-0.3, -0.25) is 4.79 Å². The first-order chi connectivity index (χ1) is 12.7. The lowest BCUT2D eigenvalue weighted by molar-refractivity contribution is -0.137. The van der Waals surface area contributed by atoms with Gasteiger partial charge < -0.3 is 29.4 Å². The highest BCUT2D eigenvalue weighted by molar-refractivity contribution is 5.89. The minimum atomic E-state index is -0.340. The highest BCUT2D eigenvalue weighted by Crippen LogP contribution is 2.17. The van der Waals surface area contributed by atoms with Crippen LogP contribution in [-0.4, -0.2) is 49.7 Å². The lowest BCUT2D eigenvalue weighted by atomic mass is 10.3. The Morgan fingerprint density at radius 1 is 1.19 bits per heavy atom. The summed E-state index contributed by atoms with van der Waals surface area (Å²) in [5.41, 5.74) is 1.45. The van der Waals surface area contributed by atoms with Crippen LogP contribution in [0.4, 0.5) is 10.5 Å². The number of carbonyl (C=O) groups excluding carboxylic acids is 2. The second-order valence-electron chi connectivity index (χ2n) is 5.75. The maximum atomic E-state index is 12.1. The number of rotatable bonds is 6. The van der Waals surface area contributed by atoms with Gasteiger partial charge >= 0.3 is 6.03 Å². The average Bonchev–Trinajstić information content (AvgIpc) is 3.19. The predicted molar refractivity (Wildman–Crippen MR) is 93.9 cm³/mol. The Hall–Kier alpha value is -3.00. The summed E-state index contributed by atoms with van der Waals surface area (Å²) in [6.07, 6.45) is 3.12. The minimum Gasteiger partial charge on any atom is -0.484 e. The SMILES string of the molecule is O=C(NCc1ccoc1)Nc1cccc(OCC(=O)N2CCOCC2)c1. The summed E-state index contributed by atoms with van der Waals surface area (Å²) in [6.45, 7) is 2.60. The normalized spacial score (nSPS) is 13.9. The van der Waals surface area contributed by atoms with Crippen molar-refractivity contribution < 1.29 is 23.5 Å². The van der Waals surface area contributed by atoms with E-state index in [4.69, 9.17) is 13.9 Å². The smallest absolute Gasteiger partial charge is 0.319 e. The van der Waals surface area contributed by atoms with Crippen LogP contribution in [0.3, 0.4) is 0 Å². The lowest BCUT2D eigenvalue weighted by Gasteiger charge is -2.26. The molecule has 0 radical (unpaired) electrons. The fourth-order valence-electron chi connectivity index (χ4n) is 2.46. The number of ether oxygens (including phenoxy) is 2. The molecule has 8 nitrogen and oxygen atoms in total. The number of hydrogen-bond donors (Lipinski definition) is 2. The van der Waals surface area contributed by atoms with Crippen LogP contribution in [0.1, 0.15) is 5.56 Å². The first kappa shape index (κ1) is 17.8. The van der Waals surface area contributed by atoms with Crippen LogP contribution in [-0.2, 0) is 16.1 Å². The average molecular weight is 359 g/mol. The van der Waals surface area contributed by atoms with Crippen LogP contribution in [0, 0.1) is 0 Å². The largest absolute Gasteiger partial charge is 0.484 e. The summed E-state index contributed by atoms with van der Waals surface area (Å²) in [4.78, 5) is 25.7. The number of nitrogens with zero attached hydrogens (tertiary/aromatic N) is 1. The number of furan rings is 1. The quantitative estimate of drug-likeness (QED) is 0.821. The number of anilines is 1. The van der Waals surface area contributed by atoms with Gasteiger partial charge in [-0.2, -0.15) is 0 Å². The van der Waals surface area contributed by atoms with E-state index in [1.54, 1.807) is 47.8 Å². The molecule has 0 aliphatic carbocycles. The topological polar surface area (TPSA) is 93.0 Å². The monoisotopic (exact) mass is 359 g/mol. The Morgan fingerprint density at radius 2 is 2.04 bits per heavy atom. The van der Waals surface area contributed by atoms with Crippen LogP contribution in [0.2, 0.25) is 0 Å². The Balaban J connectivity index is 1.46. The molecule has 1 fully saturated rings. The summed E-state index contributed by atoms with van der Waals surface area (Å²) < 4.78 is 15.7. The Morgan fingerprint density at radius 3 is 2.81 bits per heavy atom. The van der Waals surface area contributed by atoms with Crippen LogP contribution < -0.4 is 15.4 Å². The number of morpholine rings is 1. The molecular formula is C18H21N3O5. The van der Waals surface area contributed by atoms with Crippen molar-refractivity contribution in [2.75, 3.05) is 38.2 Å². The molecule has 138 valence electrons. The zero-order chi connectivity index (χ0) is 18.2. The van der Waals surface area contributed by atoms with Crippen molar-refractivity contribution in [3.63, 3.8) is 0 Å². The number of benzene rings is 1. The third-order valence-electron chi connectivity index (χ3n) is 3.85. The standard InChI is InChI=1S/C18H21N3O5/c22-17(21-5-8-24-9-6-21)13-26-16-3-1-2-15(10-16)20-18(23)19-11-14-4-7-25-12-14/h1-4,7,10,12H,5-6,8-9,11,13H2,(H2,19,20,23). The number of hydrogen-bond acceptors (Lipinski definition) is 5. The molecule has 1 saturated heterocycles. The number of carbonyl (C=O) groups is 2. The number of urea groups is 1. The molecule has 1 aromatic carbocycles. The van der Waals surface area contributed by atoms with Gasteiger partial charge in [0.05, 0.1) is 25.7 Å². The van der Waals surface area contributed by atoms with E-state index >= 15 is 0 Å². The fourth-order valence-corrected chi connectivity index (χ4v) is 2.46. The van der Waals surface area contributed by atoms with E-state index in [2.05, 4.69) is 10.6 Å². The summed E-state index contributed by atoms with van der Waals surface area (Å²) in [5, 5.41) is 5.45. The lowest BCUT2D eigenvalue weighted by Crippen LogP contribution is -2.42. The molecule has 1 aliphatic heterocycles. The molecule has 3 rings (SSSR count). The summed E-state index contributed by atoms with van der Waals surface area (Å²) >= 11 is 0. The van der Waals surface area contributed by atoms with Crippen molar-refractivity contribution in [2.45, 2.75) is 6.54 Å². The molecule has 2 N–H and O–H groups in total. The minimum absolute atomic E-state index is 0.0455.